The first-order chi connectivity index (χ1) is 15.5. The monoisotopic (exact) mass is 507 g/mol. The van der Waals surface area contributed by atoms with E-state index in [9.17, 15) is 31.1 Å². The minimum Gasteiger partial charge on any atom is -0.488 e. The van der Waals surface area contributed by atoms with Crippen LogP contribution in [0.5, 0.6) is 17.2 Å². The van der Waals surface area contributed by atoms with Crippen molar-refractivity contribution in [2.75, 3.05) is 0 Å². The van der Waals surface area contributed by atoms with Crippen molar-refractivity contribution >= 4 is 11.6 Å². The highest BCUT2D eigenvalue weighted by Gasteiger charge is 2.40. The quantitative estimate of drug-likeness (QED) is 0.408. The number of alkyl halides is 6. The Balaban J connectivity index is 2.09. The molecule has 34 heavy (non-hydrogen) atoms. The third-order valence-corrected chi connectivity index (χ3v) is 4.34. The van der Waals surface area contributed by atoms with E-state index in [1.54, 1.807) is 20.8 Å². The Hall–Kier alpha value is -3.28. The van der Waals surface area contributed by atoms with Gasteiger partial charge in [-0.05, 0) is 45.0 Å². The predicted octanol–water partition coefficient (Wildman–Crippen LogP) is 6.49. The number of hydrogen-bond donors (Lipinski definition) is 1. The lowest BCUT2D eigenvalue weighted by Gasteiger charge is -2.21. The van der Waals surface area contributed by atoms with Crippen LogP contribution in [0.1, 0.15) is 32.0 Å². The average molecular weight is 508 g/mol. The standard InChI is InChI=1S/C21H16ClF6N3O3/c1-19(2,3)34-11-6-7-29-14(9-11)17-30-16(21(26,27)28)15(18(32)31-17)33-10-4-5-13(22)12(8-10)20(23,24)25/h4-9H,1-3H3,(H,30,31,32). The van der Waals surface area contributed by atoms with Crippen LogP contribution in [0.25, 0.3) is 11.5 Å². The van der Waals surface area contributed by atoms with E-state index in [1.807, 2.05) is 0 Å². The fourth-order valence-corrected chi connectivity index (χ4v) is 2.96. The molecular formula is C21H16ClF6N3O3. The molecule has 0 saturated carbocycles. The Morgan fingerprint density at radius 2 is 1.62 bits per heavy atom. The van der Waals surface area contributed by atoms with Gasteiger partial charge in [0.1, 0.15) is 22.8 Å². The number of hydrogen-bond acceptors (Lipinski definition) is 5. The van der Waals surface area contributed by atoms with Gasteiger partial charge in [-0.2, -0.15) is 26.3 Å². The third kappa shape index (κ3) is 5.99. The molecule has 0 aliphatic heterocycles. The third-order valence-electron chi connectivity index (χ3n) is 4.01. The molecule has 0 atom stereocenters. The lowest BCUT2D eigenvalue weighted by molar-refractivity contribution is -0.142. The molecule has 2 heterocycles. The summed E-state index contributed by atoms with van der Waals surface area (Å²) < 4.78 is 90.9. The van der Waals surface area contributed by atoms with Gasteiger partial charge in [-0.15, -0.1) is 0 Å². The van der Waals surface area contributed by atoms with E-state index in [0.717, 1.165) is 12.1 Å². The Kier molecular flexibility index (Phi) is 6.57. The highest BCUT2D eigenvalue weighted by molar-refractivity contribution is 6.31. The van der Waals surface area contributed by atoms with Crippen molar-refractivity contribution in [2.45, 2.75) is 38.7 Å². The molecule has 6 nitrogen and oxygen atoms in total. The van der Waals surface area contributed by atoms with Gasteiger partial charge < -0.3 is 14.5 Å². The predicted molar refractivity (Wildman–Crippen MR) is 110 cm³/mol. The van der Waals surface area contributed by atoms with E-state index in [4.69, 9.17) is 21.1 Å². The normalized spacial score (nSPS) is 12.5. The number of H-pyrrole nitrogens is 1. The maximum absolute atomic E-state index is 13.7. The van der Waals surface area contributed by atoms with E-state index < -0.39 is 57.1 Å². The average Bonchev–Trinajstić information content (AvgIpc) is 2.67. The second-order valence-electron chi connectivity index (χ2n) is 7.92. The van der Waals surface area contributed by atoms with Crippen molar-refractivity contribution in [2.24, 2.45) is 0 Å². The molecule has 0 aliphatic carbocycles. The van der Waals surface area contributed by atoms with Gasteiger partial charge in [0.2, 0.25) is 5.75 Å². The molecule has 1 aromatic carbocycles. The lowest BCUT2D eigenvalue weighted by atomic mass is 10.2. The van der Waals surface area contributed by atoms with Gasteiger partial charge in [0.05, 0.1) is 10.6 Å². The van der Waals surface area contributed by atoms with Crippen LogP contribution in [0.3, 0.4) is 0 Å². The van der Waals surface area contributed by atoms with Crippen LogP contribution in [0.15, 0.2) is 41.3 Å². The number of nitrogens with one attached hydrogen (secondary N) is 1. The molecule has 2 aromatic heterocycles. The van der Waals surface area contributed by atoms with Gasteiger partial charge in [-0.3, -0.25) is 9.78 Å². The summed E-state index contributed by atoms with van der Waals surface area (Å²) in [5.74, 6) is -2.32. The van der Waals surface area contributed by atoms with Gasteiger partial charge >= 0.3 is 12.4 Å². The molecule has 0 fully saturated rings. The molecule has 0 bridgehead atoms. The highest BCUT2D eigenvalue weighted by Crippen LogP contribution is 2.39. The summed E-state index contributed by atoms with van der Waals surface area (Å²) in [5.41, 5.74) is -5.24. The number of ether oxygens (including phenoxy) is 2. The Labute approximate surface area is 193 Å². The molecular weight excluding hydrogens is 492 g/mol. The Bertz CT molecular complexity index is 1270. The Morgan fingerprint density at radius 3 is 2.21 bits per heavy atom. The van der Waals surface area contributed by atoms with Gasteiger partial charge in [0.15, 0.2) is 11.5 Å². The van der Waals surface area contributed by atoms with Crippen LogP contribution in [-0.4, -0.2) is 20.6 Å². The molecule has 3 aromatic rings. The Morgan fingerprint density at radius 1 is 0.941 bits per heavy atom. The van der Waals surface area contributed by atoms with Crippen molar-refractivity contribution < 1.29 is 35.8 Å². The fourth-order valence-electron chi connectivity index (χ4n) is 2.73. The van der Waals surface area contributed by atoms with Crippen LogP contribution in [-0.2, 0) is 12.4 Å². The summed E-state index contributed by atoms with van der Waals surface area (Å²) in [7, 11) is 0. The van der Waals surface area contributed by atoms with Crippen molar-refractivity contribution in [3.8, 4) is 28.8 Å². The number of aromatic nitrogens is 3. The summed E-state index contributed by atoms with van der Waals surface area (Å²) in [6.45, 7) is 5.26. The molecule has 1 N–H and O–H groups in total. The molecule has 0 spiro atoms. The molecule has 0 radical (unpaired) electrons. The number of benzene rings is 1. The van der Waals surface area contributed by atoms with E-state index in [0.29, 0.717) is 6.07 Å². The number of aromatic amines is 1. The minimum atomic E-state index is -5.18. The smallest absolute Gasteiger partial charge is 0.437 e. The summed E-state index contributed by atoms with van der Waals surface area (Å²) in [4.78, 5) is 22.0. The minimum absolute atomic E-state index is 0.137. The molecule has 13 heteroatoms. The molecule has 0 unspecified atom stereocenters. The summed E-state index contributed by atoms with van der Waals surface area (Å²) >= 11 is 5.51. The number of rotatable bonds is 4. The van der Waals surface area contributed by atoms with Gasteiger partial charge in [0.25, 0.3) is 5.56 Å². The van der Waals surface area contributed by atoms with E-state index in [2.05, 4.69) is 15.0 Å². The maximum Gasteiger partial charge on any atom is 0.437 e. The molecule has 3 rings (SSSR count). The van der Waals surface area contributed by atoms with Gasteiger partial charge in [-0.25, -0.2) is 4.98 Å². The first-order valence-electron chi connectivity index (χ1n) is 9.46. The van der Waals surface area contributed by atoms with Crippen LogP contribution >= 0.6 is 11.6 Å². The van der Waals surface area contributed by atoms with Gasteiger partial charge in [0, 0.05) is 12.3 Å². The first kappa shape index (κ1) is 25.3. The second kappa shape index (κ2) is 8.82. The molecule has 182 valence electrons. The molecule has 0 aliphatic rings. The van der Waals surface area contributed by atoms with Crippen molar-refractivity contribution in [1.29, 1.82) is 0 Å². The lowest BCUT2D eigenvalue weighted by Crippen LogP contribution is -2.23. The van der Waals surface area contributed by atoms with Crippen LogP contribution in [0.4, 0.5) is 26.3 Å². The summed E-state index contributed by atoms with van der Waals surface area (Å²) in [6, 6.07) is 4.80. The fraction of sp³-hybridized carbons (Fsp3) is 0.286. The van der Waals surface area contributed by atoms with Crippen LogP contribution in [0.2, 0.25) is 5.02 Å². The van der Waals surface area contributed by atoms with Crippen LogP contribution < -0.4 is 15.0 Å². The zero-order chi connectivity index (χ0) is 25.5. The van der Waals surface area contributed by atoms with Crippen molar-refractivity contribution in [3.63, 3.8) is 0 Å². The molecule has 0 saturated heterocycles. The highest BCUT2D eigenvalue weighted by atomic mass is 35.5. The number of pyridine rings is 1. The first-order valence-corrected chi connectivity index (χ1v) is 9.84. The SMILES string of the molecule is CC(C)(C)Oc1ccnc(-c2nc(C(F)(F)F)c(Oc3ccc(Cl)c(C(F)(F)F)c3)c(=O)[nH]2)c1. The van der Waals surface area contributed by atoms with E-state index in [1.165, 1.54) is 18.3 Å². The van der Waals surface area contributed by atoms with Crippen molar-refractivity contribution in [3.05, 3.63) is 63.2 Å². The largest absolute Gasteiger partial charge is 0.488 e. The zero-order valence-electron chi connectivity index (χ0n) is 17.7. The van der Waals surface area contributed by atoms with E-state index in [-0.39, 0.29) is 11.4 Å². The zero-order valence-corrected chi connectivity index (χ0v) is 18.5. The van der Waals surface area contributed by atoms with Gasteiger partial charge in [-0.1, -0.05) is 11.6 Å². The number of halogens is 7. The van der Waals surface area contributed by atoms with Crippen LogP contribution in [0, 0.1) is 0 Å². The molecule has 0 amide bonds. The maximum atomic E-state index is 13.7. The summed E-state index contributed by atoms with van der Waals surface area (Å²) in [6.07, 6.45) is -8.83. The topological polar surface area (TPSA) is 77.1 Å². The number of nitrogens with zero attached hydrogens (tertiary/aromatic N) is 2. The second-order valence-corrected chi connectivity index (χ2v) is 8.33. The summed E-state index contributed by atoms with van der Waals surface area (Å²) in [5, 5.41) is -0.693. The van der Waals surface area contributed by atoms with E-state index >= 15 is 0 Å². The van der Waals surface area contributed by atoms with Crippen molar-refractivity contribution in [1.82, 2.24) is 15.0 Å².